The number of likely N-dealkylation sites (tertiary alicyclic amines) is 1. The Labute approximate surface area is 160 Å². The Morgan fingerprint density at radius 3 is 2.26 bits per heavy atom. The van der Waals surface area contributed by atoms with Crippen LogP contribution in [0.25, 0.3) is 0 Å². The third kappa shape index (κ3) is 4.05. The predicted molar refractivity (Wildman–Crippen MR) is 105 cm³/mol. The SMILES string of the molecule is O=C(C1CC(c2ccccc2)NN1)N1CCC(C(O)c2ccccc2)CC1. The van der Waals surface area contributed by atoms with Crippen LogP contribution in [0.4, 0.5) is 0 Å². The quantitative estimate of drug-likeness (QED) is 0.779. The van der Waals surface area contributed by atoms with E-state index in [0.717, 1.165) is 24.8 Å². The summed E-state index contributed by atoms with van der Waals surface area (Å²) in [5.41, 5.74) is 8.59. The molecule has 0 aromatic heterocycles. The lowest BCUT2D eigenvalue weighted by atomic mass is 9.87. The lowest BCUT2D eigenvalue weighted by Gasteiger charge is -2.35. The highest BCUT2D eigenvalue weighted by Gasteiger charge is 2.35. The maximum atomic E-state index is 12.9. The fourth-order valence-electron chi connectivity index (χ4n) is 4.20. The van der Waals surface area contributed by atoms with E-state index in [0.29, 0.717) is 13.1 Å². The van der Waals surface area contributed by atoms with Gasteiger partial charge in [0.2, 0.25) is 5.91 Å². The first-order chi connectivity index (χ1) is 13.2. The maximum absolute atomic E-state index is 12.9. The van der Waals surface area contributed by atoms with Crippen molar-refractivity contribution in [3.05, 3.63) is 71.8 Å². The average molecular weight is 365 g/mol. The highest BCUT2D eigenvalue weighted by Crippen LogP contribution is 2.31. The normalized spacial score (nSPS) is 24.7. The molecule has 2 heterocycles. The highest BCUT2D eigenvalue weighted by molar-refractivity contribution is 5.82. The van der Waals surface area contributed by atoms with Gasteiger partial charge < -0.3 is 10.0 Å². The molecule has 0 spiro atoms. The summed E-state index contributed by atoms with van der Waals surface area (Å²) in [7, 11) is 0. The number of hydrazine groups is 1. The minimum absolute atomic E-state index is 0.161. The van der Waals surface area contributed by atoms with E-state index in [1.54, 1.807) is 0 Å². The molecule has 5 nitrogen and oxygen atoms in total. The number of benzene rings is 2. The molecular weight excluding hydrogens is 338 g/mol. The number of aliphatic hydroxyl groups excluding tert-OH is 1. The first-order valence-electron chi connectivity index (χ1n) is 9.80. The first-order valence-corrected chi connectivity index (χ1v) is 9.80. The Balaban J connectivity index is 1.30. The molecule has 142 valence electrons. The number of carbonyl (C=O) groups is 1. The Morgan fingerprint density at radius 1 is 0.963 bits per heavy atom. The van der Waals surface area contributed by atoms with Crippen molar-refractivity contribution in [2.45, 2.75) is 37.5 Å². The van der Waals surface area contributed by atoms with Gasteiger partial charge in [0.1, 0.15) is 6.04 Å². The van der Waals surface area contributed by atoms with Gasteiger partial charge in [-0.25, -0.2) is 10.9 Å². The number of nitrogens with zero attached hydrogens (tertiary/aromatic N) is 1. The first kappa shape index (κ1) is 18.2. The van der Waals surface area contributed by atoms with E-state index in [-0.39, 0.29) is 23.9 Å². The average Bonchev–Trinajstić information content (AvgIpc) is 3.24. The summed E-state index contributed by atoms with van der Waals surface area (Å²) in [6.07, 6.45) is 1.99. The van der Waals surface area contributed by atoms with E-state index in [1.165, 1.54) is 5.56 Å². The Morgan fingerprint density at radius 2 is 1.59 bits per heavy atom. The van der Waals surface area contributed by atoms with Gasteiger partial charge in [-0.2, -0.15) is 0 Å². The Hall–Kier alpha value is -2.21. The van der Waals surface area contributed by atoms with E-state index in [1.807, 2.05) is 53.4 Å². The highest BCUT2D eigenvalue weighted by atomic mass is 16.3. The molecule has 3 unspecified atom stereocenters. The van der Waals surface area contributed by atoms with Crippen LogP contribution in [-0.2, 0) is 4.79 Å². The van der Waals surface area contributed by atoms with Crippen LogP contribution in [0, 0.1) is 5.92 Å². The van der Waals surface area contributed by atoms with E-state index in [4.69, 9.17) is 0 Å². The summed E-state index contributed by atoms with van der Waals surface area (Å²) >= 11 is 0. The number of hydrogen-bond donors (Lipinski definition) is 3. The summed E-state index contributed by atoms with van der Waals surface area (Å²) in [5, 5.41) is 10.6. The van der Waals surface area contributed by atoms with E-state index < -0.39 is 6.10 Å². The lowest BCUT2D eigenvalue weighted by Crippen LogP contribution is -2.48. The number of carbonyl (C=O) groups excluding carboxylic acids is 1. The van der Waals surface area contributed by atoms with Crippen LogP contribution < -0.4 is 10.9 Å². The Kier molecular flexibility index (Phi) is 5.53. The topological polar surface area (TPSA) is 64.6 Å². The summed E-state index contributed by atoms with van der Waals surface area (Å²) in [6, 6.07) is 20.0. The van der Waals surface area contributed by atoms with E-state index in [2.05, 4.69) is 23.0 Å². The Bertz CT molecular complexity index is 745. The van der Waals surface area contributed by atoms with E-state index >= 15 is 0 Å². The van der Waals surface area contributed by atoms with Gasteiger partial charge in [0.05, 0.1) is 6.10 Å². The fourth-order valence-corrected chi connectivity index (χ4v) is 4.20. The minimum Gasteiger partial charge on any atom is -0.388 e. The second-order valence-corrected chi connectivity index (χ2v) is 7.56. The molecule has 0 aliphatic carbocycles. The van der Waals surface area contributed by atoms with Gasteiger partial charge in [0, 0.05) is 19.1 Å². The van der Waals surface area contributed by atoms with Gasteiger partial charge in [-0.05, 0) is 36.3 Å². The van der Waals surface area contributed by atoms with Crippen LogP contribution in [0.3, 0.4) is 0 Å². The van der Waals surface area contributed by atoms with Crippen molar-refractivity contribution in [2.75, 3.05) is 13.1 Å². The van der Waals surface area contributed by atoms with Gasteiger partial charge in [-0.1, -0.05) is 60.7 Å². The molecule has 0 radical (unpaired) electrons. The summed E-state index contributed by atoms with van der Waals surface area (Å²) < 4.78 is 0. The number of amides is 1. The number of hydrogen-bond acceptors (Lipinski definition) is 4. The van der Waals surface area contributed by atoms with Crippen molar-refractivity contribution in [3.8, 4) is 0 Å². The third-order valence-electron chi connectivity index (χ3n) is 5.84. The maximum Gasteiger partial charge on any atom is 0.241 e. The molecule has 27 heavy (non-hydrogen) atoms. The number of nitrogens with one attached hydrogen (secondary N) is 2. The minimum atomic E-state index is -0.447. The molecule has 0 bridgehead atoms. The van der Waals surface area contributed by atoms with Crippen LogP contribution in [-0.4, -0.2) is 35.0 Å². The van der Waals surface area contributed by atoms with Crippen LogP contribution in [0.5, 0.6) is 0 Å². The molecule has 5 heteroatoms. The van der Waals surface area contributed by atoms with Crippen LogP contribution in [0.15, 0.2) is 60.7 Å². The van der Waals surface area contributed by atoms with Gasteiger partial charge in [0.15, 0.2) is 0 Å². The van der Waals surface area contributed by atoms with Gasteiger partial charge in [0.25, 0.3) is 0 Å². The van der Waals surface area contributed by atoms with Crippen LogP contribution in [0.2, 0.25) is 0 Å². The van der Waals surface area contributed by atoms with Gasteiger partial charge in [-0.15, -0.1) is 0 Å². The van der Waals surface area contributed by atoms with Crippen LogP contribution >= 0.6 is 0 Å². The lowest BCUT2D eigenvalue weighted by molar-refractivity contribution is -0.135. The third-order valence-corrected chi connectivity index (χ3v) is 5.84. The summed E-state index contributed by atoms with van der Waals surface area (Å²) in [6.45, 7) is 1.42. The molecule has 0 saturated carbocycles. The molecule has 2 fully saturated rings. The number of rotatable bonds is 4. The number of aliphatic hydroxyl groups is 1. The smallest absolute Gasteiger partial charge is 0.241 e. The molecule has 2 aromatic carbocycles. The molecule has 2 aromatic rings. The largest absolute Gasteiger partial charge is 0.388 e. The second kappa shape index (κ2) is 8.21. The molecule has 1 amide bonds. The van der Waals surface area contributed by atoms with Crippen molar-refractivity contribution < 1.29 is 9.90 Å². The molecule has 2 aliphatic heterocycles. The van der Waals surface area contributed by atoms with Gasteiger partial charge >= 0.3 is 0 Å². The van der Waals surface area contributed by atoms with E-state index in [9.17, 15) is 9.90 Å². The molecule has 3 atom stereocenters. The van der Waals surface area contributed by atoms with Gasteiger partial charge in [-0.3, -0.25) is 4.79 Å². The predicted octanol–water partition coefficient (Wildman–Crippen LogP) is 2.57. The number of piperidine rings is 1. The fraction of sp³-hybridized carbons (Fsp3) is 0.409. The van der Waals surface area contributed by atoms with Crippen molar-refractivity contribution in [3.63, 3.8) is 0 Å². The molecule has 3 N–H and O–H groups in total. The van der Waals surface area contributed by atoms with Crippen molar-refractivity contribution >= 4 is 5.91 Å². The zero-order chi connectivity index (χ0) is 18.6. The summed E-state index contributed by atoms with van der Waals surface area (Å²) in [5.74, 6) is 0.372. The molecule has 2 aliphatic rings. The zero-order valence-corrected chi connectivity index (χ0v) is 15.4. The monoisotopic (exact) mass is 365 g/mol. The molecular formula is C22H27N3O2. The second-order valence-electron chi connectivity index (χ2n) is 7.56. The zero-order valence-electron chi connectivity index (χ0n) is 15.4. The molecule has 2 saturated heterocycles. The molecule has 4 rings (SSSR count). The van der Waals surface area contributed by atoms with Crippen molar-refractivity contribution in [1.82, 2.24) is 15.8 Å². The van der Waals surface area contributed by atoms with Crippen LogP contribution in [0.1, 0.15) is 42.5 Å². The standard InChI is InChI=1S/C22H27N3O2/c26-21(17-9-5-2-6-10-17)18-11-13-25(14-12-18)22(27)20-15-19(23-24-20)16-7-3-1-4-8-16/h1-10,18-21,23-24,26H,11-15H2. The van der Waals surface area contributed by atoms with Crippen molar-refractivity contribution in [2.24, 2.45) is 5.92 Å². The summed E-state index contributed by atoms with van der Waals surface area (Å²) in [4.78, 5) is 14.8. The van der Waals surface area contributed by atoms with Crippen molar-refractivity contribution in [1.29, 1.82) is 0 Å².